The minimum absolute atomic E-state index is 0.0939. The molecule has 2 aromatic rings. The first kappa shape index (κ1) is 24.6. The van der Waals surface area contributed by atoms with Crippen molar-refractivity contribution in [3.63, 3.8) is 0 Å². The molecule has 4 amide bonds. The molecule has 6 rings (SSSR count). The summed E-state index contributed by atoms with van der Waals surface area (Å²) >= 11 is 0. The van der Waals surface area contributed by atoms with Gasteiger partial charge in [0.2, 0.25) is 23.6 Å². The van der Waals surface area contributed by atoms with Gasteiger partial charge in [-0.25, -0.2) is 0 Å². The SMILES string of the molecule is O=C1NC(Cc2ccccc2)CC(=O)N2Cc3ccccc3CC2C(=O)N2CCCC2C(=O)N2CCCC12. The van der Waals surface area contributed by atoms with Gasteiger partial charge < -0.3 is 20.0 Å². The van der Waals surface area contributed by atoms with Crippen LogP contribution in [-0.4, -0.2) is 75.6 Å². The van der Waals surface area contributed by atoms with Crippen LogP contribution in [-0.2, 0) is 38.6 Å². The standard InChI is InChI=1S/C30H34N4O4/c35-27-18-23(16-20-8-2-1-3-9-20)31-28(36)24-12-6-14-32(24)29(37)25-13-7-15-33(25)30(38)26-17-21-10-4-5-11-22(21)19-34(26)27/h1-5,8-11,23-26H,6-7,12-19H2,(H,31,36). The zero-order chi connectivity index (χ0) is 26.2. The number of benzene rings is 2. The molecule has 3 saturated heterocycles. The van der Waals surface area contributed by atoms with Gasteiger partial charge in [0, 0.05) is 38.5 Å². The van der Waals surface area contributed by atoms with Gasteiger partial charge in [0.25, 0.3) is 0 Å². The van der Waals surface area contributed by atoms with Crippen molar-refractivity contribution in [3.8, 4) is 0 Å². The van der Waals surface area contributed by atoms with Gasteiger partial charge in [-0.2, -0.15) is 0 Å². The number of nitrogens with one attached hydrogen (secondary N) is 1. The summed E-state index contributed by atoms with van der Waals surface area (Å²) < 4.78 is 0. The maximum Gasteiger partial charge on any atom is 0.246 e. The summed E-state index contributed by atoms with van der Waals surface area (Å²) in [5.41, 5.74) is 3.12. The normalized spacial score (nSPS) is 27.9. The Bertz CT molecular complexity index is 1250. The van der Waals surface area contributed by atoms with E-state index in [0.29, 0.717) is 45.3 Å². The van der Waals surface area contributed by atoms with Crippen LogP contribution in [0.15, 0.2) is 54.6 Å². The van der Waals surface area contributed by atoms with Crippen LogP contribution in [0.25, 0.3) is 0 Å². The van der Waals surface area contributed by atoms with Crippen LogP contribution in [0.3, 0.4) is 0 Å². The molecule has 1 N–H and O–H groups in total. The van der Waals surface area contributed by atoms with Crippen molar-refractivity contribution in [1.29, 1.82) is 0 Å². The summed E-state index contributed by atoms with van der Waals surface area (Å²) in [6, 6.07) is 15.5. The fourth-order valence-electron chi connectivity index (χ4n) is 6.68. The Hall–Kier alpha value is -3.68. The number of carbonyl (C=O) groups is 4. The molecule has 8 heteroatoms. The number of rotatable bonds is 2. The Morgan fingerprint density at radius 3 is 2.08 bits per heavy atom. The first-order chi connectivity index (χ1) is 18.5. The molecule has 198 valence electrons. The highest BCUT2D eigenvalue weighted by molar-refractivity contribution is 5.96. The zero-order valence-electron chi connectivity index (χ0n) is 21.6. The largest absolute Gasteiger partial charge is 0.351 e. The molecule has 4 unspecified atom stereocenters. The molecular weight excluding hydrogens is 480 g/mol. The lowest BCUT2D eigenvalue weighted by Crippen LogP contribution is -2.57. The van der Waals surface area contributed by atoms with Gasteiger partial charge in [-0.05, 0) is 48.8 Å². The summed E-state index contributed by atoms with van der Waals surface area (Å²) in [4.78, 5) is 60.4. The summed E-state index contributed by atoms with van der Waals surface area (Å²) in [5, 5.41) is 3.13. The fraction of sp³-hybridized carbons (Fsp3) is 0.467. The molecule has 0 radical (unpaired) electrons. The van der Waals surface area contributed by atoms with E-state index in [0.717, 1.165) is 29.5 Å². The molecule has 0 aliphatic carbocycles. The molecule has 4 atom stereocenters. The van der Waals surface area contributed by atoms with Gasteiger partial charge in [0.05, 0.1) is 0 Å². The van der Waals surface area contributed by atoms with Gasteiger partial charge in [0.1, 0.15) is 18.1 Å². The Morgan fingerprint density at radius 1 is 0.684 bits per heavy atom. The lowest BCUT2D eigenvalue weighted by molar-refractivity contribution is -0.151. The summed E-state index contributed by atoms with van der Waals surface area (Å²) in [7, 11) is 0. The predicted octanol–water partition coefficient (Wildman–Crippen LogP) is 2.05. The van der Waals surface area contributed by atoms with E-state index < -0.39 is 24.2 Å². The highest BCUT2D eigenvalue weighted by atomic mass is 16.2. The summed E-state index contributed by atoms with van der Waals surface area (Å²) in [6.07, 6.45) is 3.69. The molecule has 4 aliphatic rings. The van der Waals surface area contributed by atoms with E-state index in [1.807, 2.05) is 54.6 Å². The van der Waals surface area contributed by atoms with Crippen molar-refractivity contribution in [2.24, 2.45) is 0 Å². The van der Waals surface area contributed by atoms with Crippen molar-refractivity contribution in [2.45, 2.75) is 75.7 Å². The third kappa shape index (κ3) is 4.57. The molecule has 0 aromatic heterocycles. The molecule has 0 spiro atoms. The summed E-state index contributed by atoms with van der Waals surface area (Å²) in [5.74, 6) is -0.650. The van der Waals surface area contributed by atoms with Crippen LogP contribution < -0.4 is 5.32 Å². The molecule has 3 fully saturated rings. The highest BCUT2D eigenvalue weighted by Crippen LogP contribution is 2.31. The monoisotopic (exact) mass is 514 g/mol. The smallest absolute Gasteiger partial charge is 0.246 e. The number of hydrogen-bond donors (Lipinski definition) is 1. The van der Waals surface area contributed by atoms with E-state index in [2.05, 4.69) is 5.32 Å². The van der Waals surface area contributed by atoms with Gasteiger partial charge >= 0.3 is 0 Å². The molecular formula is C30H34N4O4. The predicted molar refractivity (Wildman–Crippen MR) is 141 cm³/mol. The third-order valence-corrected chi connectivity index (χ3v) is 8.61. The van der Waals surface area contributed by atoms with Crippen molar-refractivity contribution >= 4 is 23.6 Å². The Labute approximate surface area is 223 Å². The second kappa shape index (κ2) is 10.2. The topological polar surface area (TPSA) is 90.0 Å². The number of amides is 4. The van der Waals surface area contributed by atoms with Gasteiger partial charge in [-0.3, -0.25) is 19.2 Å². The second-order valence-electron chi connectivity index (χ2n) is 11.0. The van der Waals surface area contributed by atoms with Crippen LogP contribution in [0.5, 0.6) is 0 Å². The van der Waals surface area contributed by atoms with Crippen LogP contribution >= 0.6 is 0 Å². The van der Waals surface area contributed by atoms with Crippen LogP contribution in [0.2, 0.25) is 0 Å². The lowest BCUT2D eigenvalue weighted by Gasteiger charge is -2.39. The van der Waals surface area contributed by atoms with E-state index in [-0.39, 0.29) is 30.0 Å². The number of fused-ring (bicyclic) bond motifs is 4. The van der Waals surface area contributed by atoms with E-state index in [1.165, 1.54) is 0 Å². The maximum atomic E-state index is 14.1. The lowest BCUT2D eigenvalue weighted by atomic mass is 9.92. The van der Waals surface area contributed by atoms with Crippen LogP contribution in [0.4, 0.5) is 0 Å². The zero-order valence-corrected chi connectivity index (χ0v) is 21.6. The van der Waals surface area contributed by atoms with E-state index in [4.69, 9.17) is 0 Å². The van der Waals surface area contributed by atoms with Crippen LogP contribution in [0, 0.1) is 0 Å². The molecule has 38 heavy (non-hydrogen) atoms. The van der Waals surface area contributed by atoms with Crippen LogP contribution in [0.1, 0.15) is 48.8 Å². The maximum absolute atomic E-state index is 14.1. The van der Waals surface area contributed by atoms with Crippen molar-refractivity contribution in [2.75, 3.05) is 13.1 Å². The van der Waals surface area contributed by atoms with E-state index in [1.54, 1.807) is 14.7 Å². The second-order valence-corrected chi connectivity index (χ2v) is 11.0. The molecule has 4 heterocycles. The van der Waals surface area contributed by atoms with Crippen molar-refractivity contribution < 1.29 is 19.2 Å². The van der Waals surface area contributed by atoms with E-state index in [9.17, 15) is 19.2 Å². The average Bonchev–Trinajstić information content (AvgIpc) is 3.62. The molecule has 8 nitrogen and oxygen atoms in total. The van der Waals surface area contributed by atoms with Gasteiger partial charge in [-0.15, -0.1) is 0 Å². The first-order valence-electron chi connectivity index (χ1n) is 13.8. The molecule has 2 aromatic carbocycles. The molecule has 0 bridgehead atoms. The average molecular weight is 515 g/mol. The molecule has 0 saturated carbocycles. The van der Waals surface area contributed by atoms with Crippen molar-refractivity contribution in [3.05, 3.63) is 71.3 Å². The Morgan fingerprint density at radius 2 is 1.32 bits per heavy atom. The van der Waals surface area contributed by atoms with Crippen molar-refractivity contribution in [1.82, 2.24) is 20.0 Å². The number of carbonyl (C=O) groups excluding carboxylic acids is 4. The summed E-state index contributed by atoms with van der Waals surface area (Å²) in [6.45, 7) is 1.36. The Balaban J connectivity index is 1.38. The quantitative estimate of drug-likeness (QED) is 0.664. The molecule has 4 aliphatic heterocycles. The number of nitrogens with zero attached hydrogens (tertiary/aromatic N) is 3. The first-order valence-corrected chi connectivity index (χ1v) is 13.8. The third-order valence-electron chi connectivity index (χ3n) is 8.61. The Kier molecular flexibility index (Phi) is 6.64. The fourth-order valence-corrected chi connectivity index (χ4v) is 6.68. The van der Waals surface area contributed by atoms with E-state index >= 15 is 0 Å². The van der Waals surface area contributed by atoms with Gasteiger partial charge in [-0.1, -0.05) is 54.6 Å². The number of hydrogen-bond acceptors (Lipinski definition) is 4. The van der Waals surface area contributed by atoms with Gasteiger partial charge in [0.15, 0.2) is 0 Å². The minimum Gasteiger partial charge on any atom is -0.351 e. The minimum atomic E-state index is -0.658. The highest BCUT2D eigenvalue weighted by Gasteiger charge is 2.46.